The molecular weight excluding hydrogens is 412 g/mol. The number of carbonyl (C=O) groups is 1. The molecule has 29 heavy (non-hydrogen) atoms. The van der Waals surface area contributed by atoms with Gasteiger partial charge in [-0.15, -0.1) is 0 Å². The van der Waals surface area contributed by atoms with Gasteiger partial charge in [0.1, 0.15) is 5.75 Å². The van der Waals surface area contributed by atoms with Crippen molar-refractivity contribution in [3.8, 4) is 5.75 Å². The monoisotopic (exact) mass is 436 g/mol. The molecule has 0 unspecified atom stereocenters. The average Bonchev–Trinajstić information content (AvgIpc) is 2.72. The SMILES string of the molecule is CC[C@H](C)NC(=O)COc1ccc(S(=O)(=O)N2CCc3ccccc3C2)cc1Cl. The number of sulfonamides is 1. The van der Waals surface area contributed by atoms with Crippen LogP contribution in [-0.4, -0.2) is 37.8 Å². The van der Waals surface area contributed by atoms with Crippen LogP contribution in [-0.2, 0) is 27.8 Å². The number of hydrogen-bond donors (Lipinski definition) is 1. The van der Waals surface area contributed by atoms with E-state index < -0.39 is 10.0 Å². The third-order valence-corrected chi connectivity index (χ3v) is 7.15. The van der Waals surface area contributed by atoms with Crippen molar-refractivity contribution in [3.05, 3.63) is 58.6 Å². The van der Waals surface area contributed by atoms with Gasteiger partial charge in [0.25, 0.3) is 5.91 Å². The molecule has 0 spiro atoms. The highest BCUT2D eigenvalue weighted by Crippen LogP contribution is 2.30. The maximum absolute atomic E-state index is 13.0. The fourth-order valence-corrected chi connectivity index (χ4v) is 4.89. The zero-order valence-corrected chi connectivity index (χ0v) is 18.1. The number of hydrogen-bond acceptors (Lipinski definition) is 4. The minimum atomic E-state index is -3.68. The van der Waals surface area contributed by atoms with Gasteiger partial charge in [0, 0.05) is 19.1 Å². The Balaban J connectivity index is 1.70. The Morgan fingerprint density at radius 3 is 2.66 bits per heavy atom. The Kier molecular flexibility index (Phi) is 6.82. The van der Waals surface area contributed by atoms with Gasteiger partial charge in [-0.25, -0.2) is 8.42 Å². The molecule has 0 saturated carbocycles. The molecule has 156 valence electrons. The van der Waals surface area contributed by atoms with E-state index >= 15 is 0 Å². The predicted molar refractivity (Wildman–Crippen MR) is 113 cm³/mol. The number of benzene rings is 2. The molecular formula is C21H25ClN2O4S. The second-order valence-corrected chi connectivity index (χ2v) is 9.46. The summed E-state index contributed by atoms with van der Waals surface area (Å²) < 4.78 is 33.0. The van der Waals surface area contributed by atoms with Crippen LogP contribution in [0.5, 0.6) is 5.75 Å². The van der Waals surface area contributed by atoms with E-state index in [-0.39, 0.29) is 34.2 Å². The summed E-state index contributed by atoms with van der Waals surface area (Å²) in [6, 6.07) is 12.2. The lowest BCUT2D eigenvalue weighted by Gasteiger charge is -2.28. The first-order chi connectivity index (χ1) is 13.8. The van der Waals surface area contributed by atoms with Gasteiger partial charge in [-0.3, -0.25) is 4.79 Å². The number of nitrogens with one attached hydrogen (secondary N) is 1. The number of carbonyl (C=O) groups excluding carboxylic acids is 1. The molecule has 0 aliphatic carbocycles. The lowest BCUT2D eigenvalue weighted by Crippen LogP contribution is -2.36. The Labute approximate surface area is 176 Å². The summed E-state index contributed by atoms with van der Waals surface area (Å²) in [7, 11) is -3.68. The molecule has 0 fully saturated rings. The molecule has 8 heteroatoms. The van der Waals surface area contributed by atoms with Gasteiger partial charge in [-0.2, -0.15) is 4.31 Å². The molecule has 3 rings (SSSR count). The van der Waals surface area contributed by atoms with E-state index in [1.807, 2.05) is 38.1 Å². The molecule has 1 heterocycles. The minimum absolute atomic E-state index is 0.0590. The summed E-state index contributed by atoms with van der Waals surface area (Å²) in [5.74, 6) is 0.0213. The Morgan fingerprint density at radius 1 is 1.24 bits per heavy atom. The van der Waals surface area contributed by atoms with Crippen LogP contribution in [0.25, 0.3) is 0 Å². The van der Waals surface area contributed by atoms with E-state index in [1.165, 1.54) is 28.1 Å². The molecule has 0 bridgehead atoms. The maximum Gasteiger partial charge on any atom is 0.258 e. The highest BCUT2D eigenvalue weighted by Gasteiger charge is 2.28. The number of ether oxygens (including phenoxy) is 1. The van der Waals surface area contributed by atoms with Gasteiger partial charge in [-0.05, 0) is 49.1 Å². The largest absolute Gasteiger partial charge is 0.482 e. The smallest absolute Gasteiger partial charge is 0.258 e. The van der Waals surface area contributed by atoms with E-state index in [0.29, 0.717) is 19.5 Å². The van der Waals surface area contributed by atoms with Crippen molar-refractivity contribution < 1.29 is 17.9 Å². The second-order valence-electron chi connectivity index (χ2n) is 7.12. The average molecular weight is 437 g/mol. The van der Waals surface area contributed by atoms with Crippen LogP contribution in [0.4, 0.5) is 0 Å². The van der Waals surface area contributed by atoms with Crippen molar-refractivity contribution in [1.29, 1.82) is 0 Å². The summed E-state index contributed by atoms with van der Waals surface area (Å²) in [5, 5.41) is 2.95. The Hall–Kier alpha value is -2.09. The van der Waals surface area contributed by atoms with Gasteiger partial charge >= 0.3 is 0 Å². The molecule has 1 amide bonds. The summed E-state index contributed by atoms with van der Waals surface area (Å²) in [4.78, 5) is 12.0. The standard InChI is InChI=1S/C21H25ClN2O4S/c1-3-15(2)23-21(25)14-28-20-9-8-18(12-19(20)22)29(26,27)24-11-10-16-6-4-5-7-17(16)13-24/h4-9,12,15H,3,10-11,13-14H2,1-2H3,(H,23,25)/t15-/m0/s1. The van der Waals surface area contributed by atoms with Crippen molar-refractivity contribution in [2.75, 3.05) is 13.2 Å². The number of halogens is 1. The van der Waals surface area contributed by atoms with Crippen LogP contribution < -0.4 is 10.1 Å². The first kappa shape index (κ1) is 21.6. The van der Waals surface area contributed by atoms with Crippen LogP contribution in [0, 0.1) is 0 Å². The van der Waals surface area contributed by atoms with Crippen LogP contribution in [0.1, 0.15) is 31.4 Å². The van der Waals surface area contributed by atoms with Gasteiger partial charge in [-0.1, -0.05) is 42.8 Å². The van der Waals surface area contributed by atoms with Crippen molar-refractivity contribution in [2.24, 2.45) is 0 Å². The first-order valence-electron chi connectivity index (χ1n) is 9.60. The quantitative estimate of drug-likeness (QED) is 0.721. The second kappa shape index (κ2) is 9.15. The number of rotatable bonds is 7. The van der Waals surface area contributed by atoms with Crippen molar-refractivity contribution >= 4 is 27.5 Å². The zero-order valence-electron chi connectivity index (χ0n) is 16.5. The molecule has 2 aromatic rings. The topological polar surface area (TPSA) is 75.7 Å². The number of nitrogens with zero attached hydrogens (tertiary/aromatic N) is 1. The number of amides is 1. The summed E-state index contributed by atoms with van der Waals surface area (Å²) in [6.45, 7) is 4.46. The fourth-order valence-electron chi connectivity index (χ4n) is 3.14. The van der Waals surface area contributed by atoms with Gasteiger partial charge in [0.2, 0.25) is 10.0 Å². The molecule has 1 aliphatic rings. The maximum atomic E-state index is 13.0. The molecule has 0 radical (unpaired) electrons. The van der Waals surface area contributed by atoms with Crippen LogP contribution >= 0.6 is 11.6 Å². The number of fused-ring (bicyclic) bond motifs is 1. The third-order valence-electron chi connectivity index (χ3n) is 5.02. The molecule has 1 aliphatic heterocycles. The molecule has 1 N–H and O–H groups in total. The van der Waals surface area contributed by atoms with Crippen molar-refractivity contribution in [2.45, 2.75) is 44.2 Å². The van der Waals surface area contributed by atoms with E-state index in [9.17, 15) is 13.2 Å². The molecule has 2 aromatic carbocycles. The van der Waals surface area contributed by atoms with E-state index in [1.54, 1.807) is 0 Å². The van der Waals surface area contributed by atoms with Crippen LogP contribution in [0.2, 0.25) is 5.02 Å². The van der Waals surface area contributed by atoms with Gasteiger partial charge in [0.15, 0.2) is 6.61 Å². The van der Waals surface area contributed by atoms with Gasteiger partial charge in [0.05, 0.1) is 9.92 Å². The highest BCUT2D eigenvalue weighted by molar-refractivity contribution is 7.89. The molecule has 6 nitrogen and oxygen atoms in total. The van der Waals surface area contributed by atoms with Crippen LogP contribution in [0.3, 0.4) is 0 Å². The predicted octanol–water partition coefficient (Wildman–Crippen LogP) is 3.38. The minimum Gasteiger partial charge on any atom is -0.482 e. The zero-order chi connectivity index (χ0) is 21.0. The highest BCUT2D eigenvalue weighted by atomic mass is 35.5. The normalized spacial score (nSPS) is 15.4. The summed E-state index contributed by atoms with van der Waals surface area (Å²) in [5.41, 5.74) is 2.19. The summed E-state index contributed by atoms with van der Waals surface area (Å²) in [6.07, 6.45) is 1.50. The lowest BCUT2D eigenvalue weighted by molar-refractivity contribution is -0.123. The van der Waals surface area contributed by atoms with Crippen molar-refractivity contribution in [1.82, 2.24) is 9.62 Å². The van der Waals surface area contributed by atoms with Crippen molar-refractivity contribution in [3.63, 3.8) is 0 Å². The molecule has 0 saturated heterocycles. The van der Waals surface area contributed by atoms with E-state index in [4.69, 9.17) is 16.3 Å². The van der Waals surface area contributed by atoms with Gasteiger partial charge < -0.3 is 10.1 Å². The fraction of sp³-hybridized carbons (Fsp3) is 0.381. The van der Waals surface area contributed by atoms with E-state index in [2.05, 4.69) is 5.32 Å². The molecule has 1 atom stereocenters. The molecule has 0 aromatic heterocycles. The first-order valence-corrected chi connectivity index (χ1v) is 11.4. The summed E-state index contributed by atoms with van der Waals surface area (Å²) >= 11 is 6.23. The third kappa shape index (κ3) is 5.10. The lowest BCUT2D eigenvalue weighted by atomic mass is 10.0. The van der Waals surface area contributed by atoms with Crippen LogP contribution in [0.15, 0.2) is 47.4 Å². The Bertz CT molecular complexity index is 994. The van der Waals surface area contributed by atoms with E-state index in [0.717, 1.165) is 12.0 Å². The Morgan fingerprint density at radius 2 is 1.97 bits per heavy atom.